The van der Waals surface area contributed by atoms with Gasteiger partial charge in [0, 0.05) is 6.54 Å². The molecular formula is C15H22ClN. The lowest BCUT2D eigenvalue weighted by molar-refractivity contribution is 0.382. The molecular weight excluding hydrogens is 230 g/mol. The minimum Gasteiger partial charge on any atom is -0.289 e. The first kappa shape index (κ1) is 12.9. The zero-order valence-corrected chi connectivity index (χ0v) is 11.4. The van der Waals surface area contributed by atoms with E-state index >= 15 is 0 Å². The Bertz CT molecular complexity index is 327. The van der Waals surface area contributed by atoms with Crippen molar-refractivity contribution in [1.82, 2.24) is 4.90 Å². The van der Waals surface area contributed by atoms with Crippen molar-refractivity contribution in [2.45, 2.75) is 44.6 Å². The maximum absolute atomic E-state index is 5.78. The lowest BCUT2D eigenvalue weighted by atomic mass is 9.84. The average Bonchev–Trinajstić information content (AvgIpc) is 2.40. The van der Waals surface area contributed by atoms with E-state index in [4.69, 9.17) is 11.6 Å². The topological polar surface area (TPSA) is 3.24 Å². The third-order valence-electron chi connectivity index (χ3n) is 3.71. The highest BCUT2D eigenvalue weighted by atomic mass is 35.5. The van der Waals surface area contributed by atoms with E-state index in [1.54, 1.807) is 0 Å². The third-order valence-corrected chi connectivity index (χ3v) is 4.12. The maximum Gasteiger partial charge on any atom is 0.0738 e. The van der Waals surface area contributed by atoms with E-state index in [2.05, 4.69) is 29.2 Å². The second kappa shape index (κ2) is 6.42. The van der Waals surface area contributed by atoms with Crippen LogP contribution >= 0.6 is 11.6 Å². The number of rotatable bonds is 4. The van der Waals surface area contributed by atoms with Crippen LogP contribution in [0.5, 0.6) is 0 Å². The quantitative estimate of drug-likeness (QED) is 0.568. The Labute approximate surface area is 110 Å². The summed E-state index contributed by atoms with van der Waals surface area (Å²) in [6, 6.07) is 9.73. The van der Waals surface area contributed by atoms with E-state index in [9.17, 15) is 0 Å². The Morgan fingerprint density at radius 3 is 2.35 bits per heavy atom. The molecule has 0 heterocycles. The number of alkyl halides is 1. The molecule has 0 N–H and O–H groups in total. The van der Waals surface area contributed by atoms with Crippen molar-refractivity contribution in [3.63, 3.8) is 0 Å². The smallest absolute Gasteiger partial charge is 0.0738 e. The van der Waals surface area contributed by atoms with Gasteiger partial charge in [-0.3, -0.25) is 4.90 Å². The lowest BCUT2D eigenvalue weighted by Crippen LogP contribution is -2.15. The molecule has 1 aromatic rings. The molecule has 0 atom stereocenters. The van der Waals surface area contributed by atoms with Gasteiger partial charge in [-0.05, 0) is 36.9 Å². The molecule has 0 saturated heterocycles. The fourth-order valence-corrected chi connectivity index (χ4v) is 2.77. The molecule has 0 bridgehead atoms. The van der Waals surface area contributed by atoms with E-state index in [1.807, 2.05) is 7.05 Å². The number of hydrogen-bond acceptors (Lipinski definition) is 1. The number of hydrogen-bond donors (Lipinski definition) is 0. The number of benzene rings is 1. The first-order valence-corrected chi connectivity index (χ1v) is 7.16. The monoisotopic (exact) mass is 251 g/mol. The van der Waals surface area contributed by atoms with Crippen molar-refractivity contribution in [1.29, 1.82) is 0 Å². The molecule has 1 nitrogen and oxygen atoms in total. The Balaban J connectivity index is 1.97. The van der Waals surface area contributed by atoms with Crippen LogP contribution in [-0.4, -0.2) is 18.0 Å². The van der Waals surface area contributed by atoms with Gasteiger partial charge >= 0.3 is 0 Å². The zero-order chi connectivity index (χ0) is 12.1. The van der Waals surface area contributed by atoms with Crippen molar-refractivity contribution in [3.8, 4) is 0 Å². The van der Waals surface area contributed by atoms with Gasteiger partial charge < -0.3 is 0 Å². The fourth-order valence-electron chi connectivity index (χ4n) is 2.69. The van der Waals surface area contributed by atoms with Gasteiger partial charge in [0.25, 0.3) is 0 Å². The van der Waals surface area contributed by atoms with Crippen molar-refractivity contribution in [2.75, 3.05) is 13.1 Å². The molecule has 17 heavy (non-hydrogen) atoms. The fraction of sp³-hybridized carbons (Fsp3) is 0.600. The Kier molecular flexibility index (Phi) is 4.87. The van der Waals surface area contributed by atoms with Gasteiger partial charge in [-0.15, -0.1) is 11.6 Å². The summed E-state index contributed by atoms with van der Waals surface area (Å²) < 4.78 is 0. The zero-order valence-electron chi connectivity index (χ0n) is 10.7. The molecule has 1 aliphatic carbocycles. The second-order valence-corrected chi connectivity index (χ2v) is 5.45. The van der Waals surface area contributed by atoms with E-state index in [0.717, 1.165) is 12.5 Å². The van der Waals surface area contributed by atoms with Crippen LogP contribution in [-0.2, 0) is 6.54 Å². The Morgan fingerprint density at radius 1 is 1.12 bits per heavy atom. The summed E-state index contributed by atoms with van der Waals surface area (Å²) in [5.74, 6) is 0.809. The molecule has 1 aromatic carbocycles. The van der Waals surface area contributed by atoms with Crippen LogP contribution in [0.2, 0.25) is 0 Å². The standard InChI is InChI=1S/C15H22ClN/c1-17(12-16)11-13-7-9-15(10-8-13)14-5-3-2-4-6-14/h7-10,14H,2-6,11-12H2,1H3. The third kappa shape index (κ3) is 3.72. The van der Waals surface area contributed by atoms with Crippen LogP contribution in [0.4, 0.5) is 0 Å². The van der Waals surface area contributed by atoms with Gasteiger partial charge in [0.1, 0.15) is 0 Å². The van der Waals surface area contributed by atoms with Gasteiger partial charge in [0.15, 0.2) is 0 Å². The summed E-state index contributed by atoms with van der Waals surface area (Å²) >= 11 is 5.78. The van der Waals surface area contributed by atoms with Crippen molar-refractivity contribution < 1.29 is 0 Å². The first-order chi connectivity index (χ1) is 8.29. The Morgan fingerprint density at radius 2 is 1.76 bits per heavy atom. The highest BCUT2D eigenvalue weighted by molar-refractivity contribution is 6.17. The Hall–Kier alpha value is -0.530. The molecule has 0 radical (unpaired) electrons. The predicted molar refractivity (Wildman–Crippen MR) is 74.5 cm³/mol. The SMILES string of the molecule is CN(CCl)Cc1ccc(C2CCCCC2)cc1. The molecule has 2 rings (SSSR count). The van der Waals surface area contributed by atoms with Gasteiger partial charge in [-0.25, -0.2) is 0 Å². The summed E-state index contributed by atoms with van der Waals surface area (Å²) in [5, 5.41) is 0. The predicted octanol–water partition coefficient (Wildman–Crippen LogP) is 4.36. The van der Waals surface area contributed by atoms with Gasteiger partial charge in [-0.2, -0.15) is 0 Å². The highest BCUT2D eigenvalue weighted by Gasteiger charge is 2.15. The minimum atomic E-state index is 0.588. The van der Waals surface area contributed by atoms with Crippen LogP contribution < -0.4 is 0 Å². The summed E-state index contributed by atoms with van der Waals surface area (Å²) in [6.07, 6.45) is 6.99. The molecule has 0 aliphatic heterocycles. The maximum atomic E-state index is 5.78. The van der Waals surface area contributed by atoms with Crippen molar-refractivity contribution >= 4 is 11.6 Å². The molecule has 1 aliphatic rings. The van der Waals surface area contributed by atoms with Crippen molar-refractivity contribution in [3.05, 3.63) is 35.4 Å². The van der Waals surface area contributed by atoms with E-state index in [1.165, 1.54) is 43.2 Å². The van der Waals surface area contributed by atoms with Crippen LogP contribution in [0, 0.1) is 0 Å². The molecule has 94 valence electrons. The molecule has 2 heteroatoms. The van der Waals surface area contributed by atoms with Crippen LogP contribution in [0.25, 0.3) is 0 Å². The van der Waals surface area contributed by atoms with E-state index in [-0.39, 0.29) is 0 Å². The number of halogens is 1. The van der Waals surface area contributed by atoms with Crippen molar-refractivity contribution in [2.24, 2.45) is 0 Å². The molecule has 0 unspecified atom stereocenters. The second-order valence-electron chi connectivity index (χ2n) is 5.21. The van der Waals surface area contributed by atoms with E-state index in [0.29, 0.717) is 6.00 Å². The van der Waals surface area contributed by atoms with Crippen LogP contribution in [0.1, 0.15) is 49.1 Å². The van der Waals surface area contributed by atoms with Crippen LogP contribution in [0.3, 0.4) is 0 Å². The molecule has 0 amide bonds. The van der Waals surface area contributed by atoms with E-state index < -0.39 is 0 Å². The normalized spacial score (nSPS) is 17.6. The largest absolute Gasteiger partial charge is 0.289 e. The lowest BCUT2D eigenvalue weighted by Gasteiger charge is -2.22. The number of nitrogens with zero attached hydrogens (tertiary/aromatic N) is 1. The van der Waals surface area contributed by atoms with Crippen LogP contribution in [0.15, 0.2) is 24.3 Å². The highest BCUT2D eigenvalue weighted by Crippen LogP contribution is 2.32. The first-order valence-electron chi connectivity index (χ1n) is 6.63. The summed E-state index contributed by atoms with van der Waals surface area (Å²) in [7, 11) is 2.04. The summed E-state index contributed by atoms with van der Waals surface area (Å²) in [6.45, 7) is 0.939. The molecule has 0 spiro atoms. The molecule has 1 fully saturated rings. The summed E-state index contributed by atoms with van der Waals surface area (Å²) in [4.78, 5) is 2.11. The minimum absolute atomic E-state index is 0.588. The van der Waals surface area contributed by atoms with Gasteiger partial charge in [-0.1, -0.05) is 43.5 Å². The summed E-state index contributed by atoms with van der Waals surface area (Å²) in [5.41, 5.74) is 2.88. The van der Waals surface area contributed by atoms with Gasteiger partial charge in [0.05, 0.1) is 6.00 Å². The average molecular weight is 252 g/mol. The molecule has 0 aromatic heterocycles. The van der Waals surface area contributed by atoms with Gasteiger partial charge in [0.2, 0.25) is 0 Å². The molecule has 1 saturated carbocycles.